The molecule has 0 aromatic heterocycles. The number of nitrogens with one attached hydrogen (secondary N) is 1. The third-order valence-electron chi connectivity index (χ3n) is 7.31. The van der Waals surface area contributed by atoms with Crippen LogP contribution in [0.15, 0.2) is 103 Å². The Kier molecular flexibility index (Phi) is 11.1. The van der Waals surface area contributed by atoms with Crippen molar-refractivity contribution in [3.8, 4) is 11.5 Å². The highest BCUT2D eigenvalue weighted by atomic mass is 19.1. The van der Waals surface area contributed by atoms with E-state index in [-0.39, 0.29) is 23.7 Å². The van der Waals surface area contributed by atoms with Crippen LogP contribution in [-0.2, 0) is 16.0 Å². The van der Waals surface area contributed by atoms with Gasteiger partial charge in [0.1, 0.15) is 17.3 Å². The van der Waals surface area contributed by atoms with E-state index in [4.69, 9.17) is 15.2 Å². The van der Waals surface area contributed by atoms with E-state index >= 15 is 0 Å². The van der Waals surface area contributed by atoms with E-state index in [0.717, 1.165) is 23.3 Å². The van der Waals surface area contributed by atoms with Crippen molar-refractivity contribution in [2.75, 3.05) is 18.5 Å². The fourth-order valence-corrected chi connectivity index (χ4v) is 5.07. The molecule has 3 N–H and O–H groups in total. The summed E-state index contributed by atoms with van der Waals surface area (Å²) in [4.78, 5) is 13.7. The minimum atomic E-state index is -0.439. The molecule has 4 aromatic carbocycles. The molecule has 1 amide bonds. The van der Waals surface area contributed by atoms with Gasteiger partial charge >= 0.3 is 0 Å². The SMILES string of the molecule is CC[C@@H](CCc1c(F)cccc1NC(=O)[C@@H](C)[C@H](c1ccccc1)c1ccc(Oc2ccccc2)cc1)OCCN. The van der Waals surface area contributed by atoms with E-state index in [1.807, 2.05) is 98.8 Å². The van der Waals surface area contributed by atoms with E-state index in [2.05, 4.69) is 5.32 Å². The minimum Gasteiger partial charge on any atom is -0.457 e. The minimum absolute atomic E-state index is 0.0167. The molecule has 0 saturated heterocycles. The number of hydrogen-bond acceptors (Lipinski definition) is 4. The Labute approximate surface area is 242 Å². The molecule has 0 spiro atoms. The first-order valence-electron chi connectivity index (χ1n) is 14.3. The van der Waals surface area contributed by atoms with Crippen LogP contribution >= 0.6 is 0 Å². The molecule has 0 radical (unpaired) electrons. The summed E-state index contributed by atoms with van der Waals surface area (Å²) in [7, 11) is 0. The normalized spacial score (nSPS) is 13.3. The fraction of sp³-hybridized carbons (Fsp3) is 0.286. The summed E-state index contributed by atoms with van der Waals surface area (Å²) in [6, 6.07) is 32.2. The molecule has 0 bridgehead atoms. The predicted octanol–water partition coefficient (Wildman–Crippen LogP) is 7.71. The number of halogens is 1. The predicted molar refractivity (Wildman–Crippen MR) is 163 cm³/mol. The molecular formula is C35H39FN2O3. The van der Waals surface area contributed by atoms with Crippen LogP contribution in [0, 0.1) is 11.7 Å². The molecule has 3 atom stereocenters. The Bertz CT molecular complexity index is 1360. The molecule has 6 heteroatoms. The van der Waals surface area contributed by atoms with Crippen molar-refractivity contribution in [2.45, 2.75) is 45.1 Å². The van der Waals surface area contributed by atoms with Crippen LogP contribution < -0.4 is 15.8 Å². The first-order valence-corrected chi connectivity index (χ1v) is 14.3. The van der Waals surface area contributed by atoms with Crippen molar-refractivity contribution in [3.63, 3.8) is 0 Å². The summed E-state index contributed by atoms with van der Waals surface area (Å²) in [6.07, 6.45) is 1.88. The van der Waals surface area contributed by atoms with Gasteiger partial charge in [-0.25, -0.2) is 4.39 Å². The third kappa shape index (κ3) is 8.26. The van der Waals surface area contributed by atoms with Crippen LogP contribution in [0.4, 0.5) is 10.1 Å². The number of carbonyl (C=O) groups excluding carboxylic acids is 1. The summed E-state index contributed by atoms with van der Waals surface area (Å²) in [5.41, 5.74) is 8.57. The van der Waals surface area contributed by atoms with Gasteiger partial charge in [0, 0.05) is 29.6 Å². The van der Waals surface area contributed by atoms with Crippen molar-refractivity contribution in [2.24, 2.45) is 11.7 Å². The highest BCUT2D eigenvalue weighted by molar-refractivity contribution is 5.94. The van der Waals surface area contributed by atoms with E-state index in [1.54, 1.807) is 12.1 Å². The van der Waals surface area contributed by atoms with Gasteiger partial charge in [0.25, 0.3) is 0 Å². The Morgan fingerprint density at radius 3 is 2.15 bits per heavy atom. The lowest BCUT2D eigenvalue weighted by Gasteiger charge is -2.25. The summed E-state index contributed by atoms with van der Waals surface area (Å²) < 4.78 is 26.7. The summed E-state index contributed by atoms with van der Waals surface area (Å²) in [5.74, 6) is 0.307. The Hall–Kier alpha value is -4.00. The lowest BCUT2D eigenvalue weighted by Crippen LogP contribution is -2.27. The van der Waals surface area contributed by atoms with Crippen LogP contribution in [0.5, 0.6) is 11.5 Å². The zero-order chi connectivity index (χ0) is 29.0. The molecule has 0 heterocycles. The first-order chi connectivity index (χ1) is 20.0. The summed E-state index contributed by atoms with van der Waals surface area (Å²) in [5, 5.41) is 3.04. The number of carbonyl (C=O) groups is 1. The van der Waals surface area contributed by atoms with Gasteiger partial charge in [-0.15, -0.1) is 0 Å². The number of amides is 1. The smallest absolute Gasteiger partial charge is 0.228 e. The van der Waals surface area contributed by atoms with Crippen LogP contribution in [-0.4, -0.2) is 25.2 Å². The van der Waals surface area contributed by atoms with Crippen LogP contribution in [0.1, 0.15) is 49.3 Å². The van der Waals surface area contributed by atoms with Gasteiger partial charge in [0.05, 0.1) is 12.7 Å². The maximum atomic E-state index is 15.0. The first kappa shape index (κ1) is 30.0. The van der Waals surface area contributed by atoms with Crippen LogP contribution in [0.3, 0.4) is 0 Å². The zero-order valence-electron chi connectivity index (χ0n) is 23.8. The molecule has 41 heavy (non-hydrogen) atoms. The average Bonchev–Trinajstić information content (AvgIpc) is 3.00. The molecule has 0 saturated carbocycles. The van der Waals surface area contributed by atoms with E-state index in [9.17, 15) is 9.18 Å². The second kappa shape index (κ2) is 15.1. The average molecular weight is 555 g/mol. The largest absolute Gasteiger partial charge is 0.457 e. The molecule has 0 aliphatic heterocycles. The van der Waals surface area contributed by atoms with E-state index in [0.29, 0.717) is 43.0 Å². The number of rotatable bonds is 14. The lowest BCUT2D eigenvalue weighted by atomic mass is 9.81. The molecule has 0 fully saturated rings. The fourth-order valence-electron chi connectivity index (χ4n) is 5.07. The molecule has 4 rings (SSSR count). The maximum Gasteiger partial charge on any atom is 0.228 e. The lowest BCUT2D eigenvalue weighted by molar-refractivity contribution is -0.119. The van der Waals surface area contributed by atoms with E-state index in [1.165, 1.54) is 6.07 Å². The van der Waals surface area contributed by atoms with Gasteiger partial charge in [0.15, 0.2) is 0 Å². The molecule has 214 valence electrons. The third-order valence-corrected chi connectivity index (χ3v) is 7.31. The molecule has 4 aromatic rings. The van der Waals surface area contributed by atoms with Gasteiger partial charge in [0.2, 0.25) is 5.91 Å². The molecule has 0 aliphatic carbocycles. The second-order valence-electron chi connectivity index (χ2n) is 10.1. The monoisotopic (exact) mass is 554 g/mol. The van der Waals surface area contributed by atoms with Gasteiger partial charge in [-0.05, 0) is 66.8 Å². The van der Waals surface area contributed by atoms with Crippen molar-refractivity contribution in [3.05, 3.63) is 126 Å². The van der Waals surface area contributed by atoms with Gasteiger partial charge < -0.3 is 20.5 Å². The number of benzene rings is 4. The number of para-hydroxylation sites is 1. The van der Waals surface area contributed by atoms with Crippen LogP contribution in [0.25, 0.3) is 0 Å². The van der Waals surface area contributed by atoms with Crippen molar-refractivity contribution < 1.29 is 18.7 Å². The zero-order valence-corrected chi connectivity index (χ0v) is 23.8. The summed E-state index contributed by atoms with van der Waals surface area (Å²) in [6.45, 7) is 4.86. The molecule has 0 unspecified atom stereocenters. The van der Waals surface area contributed by atoms with Crippen molar-refractivity contribution in [1.82, 2.24) is 0 Å². The maximum absolute atomic E-state index is 15.0. The Balaban J connectivity index is 1.54. The van der Waals surface area contributed by atoms with Gasteiger partial charge in [-0.1, -0.05) is 80.6 Å². The Morgan fingerprint density at radius 2 is 1.49 bits per heavy atom. The highest BCUT2D eigenvalue weighted by Crippen LogP contribution is 2.35. The molecule has 5 nitrogen and oxygen atoms in total. The van der Waals surface area contributed by atoms with Gasteiger partial charge in [-0.2, -0.15) is 0 Å². The second-order valence-corrected chi connectivity index (χ2v) is 10.1. The van der Waals surface area contributed by atoms with Gasteiger partial charge in [-0.3, -0.25) is 4.79 Å². The number of ether oxygens (including phenoxy) is 2. The van der Waals surface area contributed by atoms with Crippen molar-refractivity contribution >= 4 is 11.6 Å². The topological polar surface area (TPSA) is 73.6 Å². The molecule has 0 aliphatic rings. The highest BCUT2D eigenvalue weighted by Gasteiger charge is 2.28. The van der Waals surface area contributed by atoms with Crippen molar-refractivity contribution in [1.29, 1.82) is 0 Å². The van der Waals surface area contributed by atoms with E-state index < -0.39 is 5.92 Å². The van der Waals surface area contributed by atoms with Crippen LogP contribution in [0.2, 0.25) is 0 Å². The molecular weight excluding hydrogens is 515 g/mol. The Morgan fingerprint density at radius 1 is 0.854 bits per heavy atom. The standard InChI is InChI=1S/C35H39FN2O3/c1-3-28(40-24-23-37)21-22-31-32(36)15-10-16-33(31)38-35(39)25(2)34(26-11-6-4-7-12-26)27-17-19-30(20-18-27)41-29-13-8-5-9-14-29/h4-20,25,28,34H,3,21-24,37H2,1-2H3,(H,38,39)/t25-,28-,34+/m0/s1. The number of nitrogens with two attached hydrogens (primary N) is 1. The number of anilines is 1. The quantitative estimate of drug-likeness (QED) is 0.167. The summed E-state index contributed by atoms with van der Waals surface area (Å²) >= 11 is 0. The number of hydrogen-bond donors (Lipinski definition) is 2.